The summed E-state index contributed by atoms with van der Waals surface area (Å²) < 4.78 is 30.8. The molecule has 0 aromatic heterocycles. The molecule has 0 aliphatic carbocycles. The lowest BCUT2D eigenvalue weighted by atomic mass is 10.0. The topological polar surface area (TPSA) is 133 Å². The Balaban J connectivity index is 2.61. The zero-order valence-corrected chi connectivity index (χ0v) is 12.2. The van der Waals surface area contributed by atoms with Crippen molar-refractivity contribution in [2.24, 2.45) is 5.92 Å². The van der Waals surface area contributed by atoms with E-state index in [9.17, 15) is 18.0 Å². The van der Waals surface area contributed by atoms with E-state index in [4.69, 9.17) is 9.66 Å². The van der Waals surface area contributed by atoms with Crippen molar-refractivity contribution < 1.29 is 27.7 Å². The lowest BCUT2D eigenvalue weighted by Crippen LogP contribution is -2.48. The second-order valence-corrected chi connectivity index (χ2v) is 7.06. The Hall–Kier alpha value is -1.19. The molecule has 3 atom stereocenters. The van der Waals surface area contributed by atoms with E-state index in [1.54, 1.807) is 0 Å². The number of nitrogens with one attached hydrogen (secondary N) is 2. The Kier molecular flexibility index (Phi) is 5.49. The molecular weight excluding hydrogens is 288 g/mol. The number of carbonyl (C=O) groups excluding carboxylic acids is 1. The molecule has 1 heterocycles. The van der Waals surface area contributed by atoms with Gasteiger partial charge in [0, 0.05) is 6.54 Å². The molecule has 1 fully saturated rings. The standard InChI is InChI=1S/C11H20N2O6S/c1-6(2)3-9(11(15)16)13-10(14)8-4-7(5-12-8)20(17,18)19/h6-9,12H,3-5H2,1-2H3,(H,13,14)(H,15,16)(H,17,18,19)/t7-,8-,9-/m0/s1. The fourth-order valence-corrected chi connectivity index (χ4v) is 2.84. The zero-order chi connectivity index (χ0) is 15.5. The van der Waals surface area contributed by atoms with Crippen LogP contribution in [0, 0.1) is 5.92 Å². The minimum atomic E-state index is -4.19. The van der Waals surface area contributed by atoms with Crippen molar-refractivity contribution >= 4 is 22.0 Å². The summed E-state index contributed by atoms with van der Waals surface area (Å²) >= 11 is 0. The average Bonchev–Trinajstić information content (AvgIpc) is 2.75. The number of carboxylic acids is 1. The SMILES string of the molecule is CC(C)C[C@H](NC(=O)[C@@H]1C[C@H](S(=O)(=O)O)CN1)C(=O)O. The third kappa shape index (κ3) is 4.73. The van der Waals surface area contributed by atoms with Crippen molar-refractivity contribution in [3.8, 4) is 0 Å². The number of hydrogen-bond acceptors (Lipinski definition) is 5. The summed E-state index contributed by atoms with van der Waals surface area (Å²) in [5.74, 6) is -1.60. The molecule has 0 spiro atoms. The van der Waals surface area contributed by atoms with Crippen LogP contribution in [0.4, 0.5) is 0 Å². The molecule has 8 nitrogen and oxygen atoms in total. The Morgan fingerprint density at radius 1 is 1.40 bits per heavy atom. The number of aliphatic carboxylic acids is 1. The van der Waals surface area contributed by atoms with Gasteiger partial charge in [0.15, 0.2) is 0 Å². The molecule has 1 saturated heterocycles. The number of carbonyl (C=O) groups is 2. The highest BCUT2D eigenvalue weighted by Crippen LogP contribution is 2.15. The molecular formula is C11H20N2O6S. The number of hydrogen-bond donors (Lipinski definition) is 4. The molecule has 0 aromatic rings. The summed E-state index contributed by atoms with van der Waals surface area (Å²) in [6.45, 7) is 3.65. The van der Waals surface area contributed by atoms with Gasteiger partial charge in [0.05, 0.1) is 6.04 Å². The fourth-order valence-electron chi connectivity index (χ4n) is 2.10. The molecule has 0 unspecified atom stereocenters. The highest BCUT2D eigenvalue weighted by Gasteiger charge is 2.37. The summed E-state index contributed by atoms with van der Waals surface area (Å²) in [7, 11) is -4.19. The van der Waals surface area contributed by atoms with Crippen LogP contribution in [-0.2, 0) is 19.7 Å². The lowest BCUT2D eigenvalue weighted by Gasteiger charge is -2.19. The Bertz CT molecular complexity index is 475. The van der Waals surface area contributed by atoms with Gasteiger partial charge >= 0.3 is 5.97 Å². The van der Waals surface area contributed by atoms with Gasteiger partial charge in [0.2, 0.25) is 5.91 Å². The van der Waals surface area contributed by atoms with E-state index < -0.39 is 39.3 Å². The van der Waals surface area contributed by atoms with E-state index in [0.29, 0.717) is 0 Å². The molecule has 20 heavy (non-hydrogen) atoms. The maximum atomic E-state index is 11.9. The smallest absolute Gasteiger partial charge is 0.326 e. The van der Waals surface area contributed by atoms with Crippen molar-refractivity contribution in [1.29, 1.82) is 0 Å². The first-order chi connectivity index (χ1) is 9.11. The summed E-state index contributed by atoms with van der Waals surface area (Å²) in [4.78, 5) is 22.9. The van der Waals surface area contributed by atoms with E-state index in [2.05, 4.69) is 10.6 Å². The summed E-state index contributed by atoms with van der Waals surface area (Å²) in [5.41, 5.74) is 0. The maximum Gasteiger partial charge on any atom is 0.326 e. The minimum Gasteiger partial charge on any atom is -0.480 e. The van der Waals surface area contributed by atoms with E-state index in [0.717, 1.165) is 0 Å². The molecule has 0 saturated carbocycles. The van der Waals surface area contributed by atoms with Gasteiger partial charge in [-0.3, -0.25) is 9.35 Å². The first kappa shape index (κ1) is 16.9. The van der Waals surface area contributed by atoms with Gasteiger partial charge in [-0.05, 0) is 18.8 Å². The van der Waals surface area contributed by atoms with Gasteiger partial charge in [-0.2, -0.15) is 8.42 Å². The van der Waals surface area contributed by atoms with Crippen LogP contribution < -0.4 is 10.6 Å². The van der Waals surface area contributed by atoms with Gasteiger partial charge < -0.3 is 15.7 Å². The van der Waals surface area contributed by atoms with Gasteiger partial charge in [-0.1, -0.05) is 13.8 Å². The van der Waals surface area contributed by atoms with Crippen molar-refractivity contribution in [2.75, 3.05) is 6.54 Å². The maximum absolute atomic E-state index is 11.9. The van der Waals surface area contributed by atoms with Gasteiger partial charge in [0.25, 0.3) is 10.1 Å². The molecule has 1 aliphatic rings. The van der Waals surface area contributed by atoms with Crippen molar-refractivity contribution in [3.63, 3.8) is 0 Å². The molecule has 1 amide bonds. The quantitative estimate of drug-likeness (QED) is 0.473. The van der Waals surface area contributed by atoms with Crippen LogP contribution in [-0.4, -0.2) is 53.8 Å². The normalized spacial score (nSPS) is 24.6. The van der Waals surface area contributed by atoms with E-state index in [1.807, 2.05) is 13.8 Å². The highest BCUT2D eigenvalue weighted by atomic mass is 32.2. The van der Waals surface area contributed by atoms with Crippen LogP contribution >= 0.6 is 0 Å². The van der Waals surface area contributed by atoms with Crippen LogP contribution in [0.25, 0.3) is 0 Å². The van der Waals surface area contributed by atoms with Crippen LogP contribution in [0.3, 0.4) is 0 Å². The first-order valence-corrected chi connectivity index (χ1v) is 7.84. The van der Waals surface area contributed by atoms with Crippen molar-refractivity contribution in [3.05, 3.63) is 0 Å². The molecule has 0 aromatic carbocycles. The molecule has 0 bridgehead atoms. The average molecular weight is 308 g/mol. The molecule has 4 N–H and O–H groups in total. The first-order valence-electron chi connectivity index (χ1n) is 6.34. The van der Waals surface area contributed by atoms with Crippen molar-refractivity contribution in [2.45, 2.75) is 44.0 Å². The zero-order valence-electron chi connectivity index (χ0n) is 11.4. The van der Waals surface area contributed by atoms with Gasteiger partial charge in [-0.15, -0.1) is 0 Å². The molecule has 0 radical (unpaired) electrons. The predicted octanol–water partition coefficient (Wildman–Crippen LogP) is -0.780. The van der Waals surface area contributed by atoms with Gasteiger partial charge in [0.1, 0.15) is 11.3 Å². The van der Waals surface area contributed by atoms with Gasteiger partial charge in [-0.25, -0.2) is 4.79 Å². The van der Waals surface area contributed by atoms with Crippen LogP contribution in [0.5, 0.6) is 0 Å². The van der Waals surface area contributed by atoms with Crippen LogP contribution in [0.2, 0.25) is 0 Å². The van der Waals surface area contributed by atoms with Crippen LogP contribution in [0.15, 0.2) is 0 Å². The number of carboxylic acid groups (broad SMARTS) is 1. The van der Waals surface area contributed by atoms with Crippen LogP contribution in [0.1, 0.15) is 26.7 Å². The molecule has 1 aliphatic heterocycles. The minimum absolute atomic E-state index is 0.0289. The molecule has 9 heteroatoms. The second kappa shape index (κ2) is 6.51. The number of amides is 1. The third-order valence-electron chi connectivity index (χ3n) is 3.15. The fraction of sp³-hybridized carbons (Fsp3) is 0.818. The van der Waals surface area contributed by atoms with E-state index in [1.165, 1.54) is 0 Å². The Labute approximate surface area is 117 Å². The monoisotopic (exact) mass is 308 g/mol. The predicted molar refractivity (Wildman–Crippen MR) is 70.8 cm³/mol. The second-order valence-electron chi connectivity index (χ2n) is 5.36. The summed E-state index contributed by atoms with van der Waals surface area (Å²) in [5, 5.41) is 13.0. The molecule has 1 rings (SSSR count). The largest absolute Gasteiger partial charge is 0.480 e. The molecule has 116 valence electrons. The number of rotatable bonds is 6. The Morgan fingerprint density at radius 3 is 2.40 bits per heavy atom. The van der Waals surface area contributed by atoms with E-state index in [-0.39, 0.29) is 25.3 Å². The van der Waals surface area contributed by atoms with E-state index >= 15 is 0 Å². The lowest BCUT2D eigenvalue weighted by molar-refractivity contribution is -0.142. The highest BCUT2D eigenvalue weighted by molar-refractivity contribution is 7.86. The summed E-state index contributed by atoms with van der Waals surface area (Å²) in [6.07, 6.45) is 0.216. The van der Waals surface area contributed by atoms with Crippen molar-refractivity contribution in [1.82, 2.24) is 10.6 Å². The summed E-state index contributed by atoms with van der Waals surface area (Å²) in [6, 6.07) is -1.81. The third-order valence-corrected chi connectivity index (χ3v) is 4.35. The Morgan fingerprint density at radius 2 is 2.00 bits per heavy atom.